The molecule has 0 aromatic rings. The fraction of sp³-hybridized carbons (Fsp3) is 1.00. The summed E-state index contributed by atoms with van der Waals surface area (Å²) in [7, 11) is 0. The van der Waals surface area contributed by atoms with Crippen LogP contribution in [0.4, 0.5) is 0 Å². The molecule has 64 valence electrons. The average Bonchev–Trinajstić information content (AvgIpc) is 2.39. The highest BCUT2D eigenvalue weighted by Gasteiger charge is 2.92. The van der Waals surface area contributed by atoms with Gasteiger partial charge in [-0.3, -0.25) is 0 Å². The second-order valence-electron chi connectivity index (χ2n) is 6.70. The molecule has 0 amide bonds. The van der Waals surface area contributed by atoms with Gasteiger partial charge in [0.25, 0.3) is 0 Å². The lowest BCUT2D eigenvalue weighted by Crippen LogP contribution is -2.71. The second kappa shape index (κ2) is 1.07. The summed E-state index contributed by atoms with van der Waals surface area (Å²) in [5, 5.41) is 0. The lowest BCUT2D eigenvalue weighted by molar-refractivity contribution is -0.280. The molecule has 8 unspecified atom stereocenters. The van der Waals surface area contributed by atoms with E-state index in [0.29, 0.717) is 0 Å². The van der Waals surface area contributed by atoms with Gasteiger partial charge in [0.05, 0.1) is 0 Å². The topological polar surface area (TPSA) is 0 Å². The van der Waals surface area contributed by atoms with Crippen molar-refractivity contribution in [2.24, 2.45) is 46.3 Å². The molecule has 0 aromatic heterocycles. The Balaban J connectivity index is 1.92. The monoisotopic (exact) mass is 160 g/mol. The van der Waals surface area contributed by atoms with Crippen LogP contribution in [0.2, 0.25) is 0 Å². The van der Waals surface area contributed by atoms with Gasteiger partial charge < -0.3 is 0 Å². The summed E-state index contributed by atoms with van der Waals surface area (Å²) in [6.07, 6.45) is 3.26. The molecule has 8 atom stereocenters. The summed E-state index contributed by atoms with van der Waals surface area (Å²) in [6, 6.07) is 0. The molecule has 0 radical (unpaired) electrons. The Kier molecular flexibility index (Phi) is 0.508. The summed E-state index contributed by atoms with van der Waals surface area (Å²) < 4.78 is 0. The third-order valence-corrected chi connectivity index (χ3v) is 7.38. The highest BCUT2D eigenvalue weighted by Crippen LogP contribution is 2.97. The normalized spacial score (nSPS) is 90.5. The molecule has 12 heavy (non-hydrogen) atoms. The largest absolute Gasteiger partial charge is 0.0588 e. The minimum atomic E-state index is 0.838. The minimum absolute atomic E-state index is 0.838. The van der Waals surface area contributed by atoms with Crippen LogP contribution in [-0.2, 0) is 0 Å². The molecule has 6 aliphatic carbocycles. The lowest BCUT2D eigenvalue weighted by atomic mass is 9.29. The van der Waals surface area contributed by atoms with E-state index in [9.17, 15) is 0 Å². The van der Waals surface area contributed by atoms with E-state index < -0.39 is 0 Å². The fourth-order valence-corrected chi connectivity index (χ4v) is 7.26. The Morgan fingerprint density at radius 1 is 1.08 bits per heavy atom. The van der Waals surface area contributed by atoms with E-state index in [1.165, 1.54) is 35.5 Å². The maximum absolute atomic E-state index is 2.63. The maximum Gasteiger partial charge on any atom is -0.0204 e. The zero-order valence-electron chi connectivity index (χ0n) is 7.88. The van der Waals surface area contributed by atoms with Crippen LogP contribution in [0.1, 0.15) is 26.7 Å². The molecule has 0 spiro atoms. The standard InChI is InChI=1S/C12H16/c1-11-4-6-7-3-5-8(6)10(11)9(5)12(7,11)2/h5-10H,3-4H2,1-2H3. The summed E-state index contributed by atoms with van der Waals surface area (Å²) in [5.74, 6) is 7.30. The van der Waals surface area contributed by atoms with Crippen molar-refractivity contribution < 1.29 is 0 Å². The van der Waals surface area contributed by atoms with E-state index in [4.69, 9.17) is 0 Å². The number of hydrogen-bond acceptors (Lipinski definition) is 0. The first kappa shape index (κ1) is 5.67. The number of hydrogen-bond donors (Lipinski definition) is 0. The summed E-state index contributed by atoms with van der Waals surface area (Å²) >= 11 is 0. The van der Waals surface area contributed by atoms with E-state index >= 15 is 0 Å². The van der Waals surface area contributed by atoms with Gasteiger partial charge in [-0.05, 0) is 59.2 Å². The van der Waals surface area contributed by atoms with Crippen molar-refractivity contribution in [2.75, 3.05) is 0 Å². The Morgan fingerprint density at radius 3 is 2.58 bits per heavy atom. The van der Waals surface area contributed by atoms with Crippen LogP contribution < -0.4 is 0 Å². The third-order valence-electron chi connectivity index (χ3n) is 7.38. The SMILES string of the molecule is CC12CC3C4C5CC3C1(C)C5C42. The predicted molar refractivity (Wildman–Crippen MR) is 46.4 cm³/mol. The van der Waals surface area contributed by atoms with E-state index in [1.54, 1.807) is 12.8 Å². The van der Waals surface area contributed by atoms with Crippen molar-refractivity contribution in [3.8, 4) is 0 Å². The Bertz CT molecular complexity index is 318. The molecule has 0 saturated heterocycles. The molecule has 0 nitrogen and oxygen atoms in total. The molecule has 0 heterocycles. The molecule has 6 rings (SSSR count). The molecule has 0 aromatic carbocycles. The van der Waals surface area contributed by atoms with E-state index in [2.05, 4.69) is 13.8 Å². The third kappa shape index (κ3) is 0.225. The highest BCUT2D eigenvalue weighted by atomic mass is 15.0. The van der Waals surface area contributed by atoms with Crippen LogP contribution in [0, 0.1) is 46.3 Å². The first-order valence-corrected chi connectivity index (χ1v) is 5.69. The van der Waals surface area contributed by atoms with E-state index in [1.807, 2.05) is 0 Å². The quantitative estimate of drug-likeness (QED) is 0.511. The molecule has 0 N–H and O–H groups in total. The van der Waals surface area contributed by atoms with Gasteiger partial charge in [0, 0.05) is 0 Å². The van der Waals surface area contributed by atoms with Gasteiger partial charge in [0.2, 0.25) is 0 Å². The summed E-state index contributed by atoms with van der Waals surface area (Å²) in [5.41, 5.74) is 1.69. The number of rotatable bonds is 0. The van der Waals surface area contributed by atoms with Crippen LogP contribution in [0.3, 0.4) is 0 Å². The minimum Gasteiger partial charge on any atom is -0.0588 e. The first-order valence-electron chi connectivity index (χ1n) is 5.69. The zero-order chi connectivity index (χ0) is 7.88. The van der Waals surface area contributed by atoms with Crippen LogP contribution in [-0.4, -0.2) is 0 Å². The first-order chi connectivity index (χ1) is 5.69. The molecular formula is C12H16. The summed E-state index contributed by atoms with van der Waals surface area (Å²) in [6.45, 7) is 5.25. The Hall–Kier alpha value is 0. The van der Waals surface area contributed by atoms with Gasteiger partial charge in [-0.25, -0.2) is 0 Å². The smallest absolute Gasteiger partial charge is 0.0204 e. The molecular weight excluding hydrogens is 144 g/mol. The van der Waals surface area contributed by atoms with E-state index in [0.717, 1.165) is 10.8 Å². The zero-order valence-corrected chi connectivity index (χ0v) is 7.88. The van der Waals surface area contributed by atoms with Crippen molar-refractivity contribution in [3.63, 3.8) is 0 Å². The maximum atomic E-state index is 2.63. The molecule has 0 heteroatoms. The van der Waals surface area contributed by atoms with Gasteiger partial charge in [-0.1, -0.05) is 13.8 Å². The van der Waals surface area contributed by atoms with E-state index in [-0.39, 0.29) is 0 Å². The lowest BCUT2D eigenvalue weighted by Gasteiger charge is -2.75. The van der Waals surface area contributed by atoms with Crippen molar-refractivity contribution in [2.45, 2.75) is 26.7 Å². The van der Waals surface area contributed by atoms with Crippen molar-refractivity contribution in [1.29, 1.82) is 0 Å². The van der Waals surface area contributed by atoms with Crippen molar-refractivity contribution in [3.05, 3.63) is 0 Å². The van der Waals surface area contributed by atoms with Crippen LogP contribution in [0.25, 0.3) is 0 Å². The van der Waals surface area contributed by atoms with Gasteiger partial charge in [0.1, 0.15) is 0 Å². The molecule has 6 saturated carbocycles. The predicted octanol–water partition coefficient (Wildman–Crippen LogP) is 2.54. The molecule has 6 aliphatic rings. The molecule has 4 bridgehead atoms. The second-order valence-corrected chi connectivity index (χ2v) is 6.70. The van der Waals surface area contributed by atoms with Gasteiger partial charge >= 0.3 is 0 Å². The molecule has 6 fully saturated rings. The van der Waals surface area contributed by atoms with Crippen LogP contribution in [0.5, 0.6) is 0 Å². The summed E-state index contributed by atoms with van der Waals surface area (Å²) in [4.78, 5) is 0. The van der Waals surface area contributed by atoms with Gasteiger partial charge in [-0.15, -0.1) is 0 Å². The van der Waals surface area contributed by atoms with Crippen molar-refractivity contribution >= 4 is 0 Å². The Morgan fingerprint density at radius 2 is 1.92 bits per heavy atom. The average molecular weight is 160 g/mol. The van der Waals surface area contributed by atoms with Crippen LogP contribution >= 0.6 is 0 Å². The van der Waals surface area contributed by atoms with Gasteiger partial charge in [0.15, 0.2) is 0 Å². The molecule has 0 aliphatic heterocycles. The highest BCUT2D eigenvalue weighted by molar-refractivity contribution is 5.40. The Labute approximate surface area is 73.7 Å². The van der Waals surface area contributed by atoms with Crippen LogP contribution in [0.15, 0.2) is 0 Å². The van der Waals surface area contributed by atoms with Crippen molar-refractivity contribution in [1.82, 2.24) is 0 Å². The fourth-order valence-electron chi connectivity index (χ4n) is 7.26. The van der Waals surface area contributed by atoms with Gasteiger partial charge in [-0.2, -0.15) is 0 Å².